The summed E-state index contributed by atoms with van der Waals surface area (Å²) in [5.74, 6) is -0.125. The van der Waals surface area contributed by atoms with Crippen LogP contribution in [0.4, 0.5) is 4.79 Å². The molecule has 1 aliphatic heterocycles. The number of likely N-dealkylation sites (tertiary alicyclic amines) is 1. The summed E-state index contributed by atoms with van der Waals surface area (Å²) >= 11 is 1.64. The molecular formula is C13H19N3O2S. The maximum atomic E-state index is 12.1. The molecule has 6 heteroatoms. The van der Waals surface area contributed by atoms with E-state index in [2.05, 4.69) is 5.32 Å². The smallest absolute Gasteiger partial charge is 0.314 e. The number of carbonyl (C=O) groups is 2. The van der Waals surface area contributed by atoms with Crippen LogP contribution in [-0.2, 0) is 11.3 Å². The topological polar surface area (TPSA) is 75.4 Å². The van der Waals surface area contributed by atoms with Crippen molar-refractivity contribution in [1.82, 2.24) is 10.2 Å². The van der Waals surface area contributed by atoms with E-state index in [0.717, 1.165) is 12.8 Å². The second kappa shape index (κ2) is 6.06. The Morgan fingerprint density at radius 1 is 1.58 bits per heavy atom. The SMILES string of the molecule is Cc1ccsc1CNC(=O)[C@H]1CCCN(C(N)=O)C1. The number of piperidine rings is 1. The Morgan fingerprint density at radius 3 is 3.00 bits per heavy atom. The van der Waals surface area contributed by atoms with Crippen LogP contribution in [0.15, 0.2) is 11.4 Å². The van der Waals surface area contributed by atoms with Crippen LogP contribution in [0.25, 0.3) is 0 Å². The van der Waals surface area contributed by atoms with Gasteiger partial charge in [-0.3, -0.25) is 4.79 Å². The maximum Gasteiger partial charge on any atom is 0.314 e. The van der Waals surface area contributed by atoms with Gasteiger partial charge in [-0.05, 0) is 36.8 Å². The monoisotopic (exact) mass is 281 g/mol. The Bertz CT molecular complexity index is 472. The van der Waals surface area contributed by atoms with Crippen LogP contribution in [-0.4, -0.2) is 29.9 Å². The number of carbonyl (C=O) groups excluding carboxylic acids is 2. The van der Waals surface area contributed by atoms with E-state index in [9.17, 15) is 9.59 Å². The molecule has 5 nitrogen and oxygen atoms in total. The molecule has 0 aliphatic carbocycles. The number of nitrogens with one attached hydrogen (secondary N) is 1. The predicted octanol–water partition coefficient (Wildman–Crippen LogP) is 1.46. The number of hydrogen-bond acceptors (Lipinski definition) is 3. The second-order valence-electron chi connectivity index (χ2n) is 4.87. The molecule has 0 unspecified atom stereocenters. The lowest BCUT2D eigenvalue weighted by atomic mass is 9.97. The molecule has 1 aliphatic rings. The average molecular weight is 281 g/mol. The van der Waals surface area contributed by atoms with Gasteiger partial charge in [0.2, 0.25) is 5.91 Å². The summed E-state index contributed by atoms with van der Waals surface area (Å²) in [7, 11) is 0. The summed E-state index contributed by atoms with van der Waals surface area (Å²) in [6.45, 7) is 3.69. The quantitative estimate of drug-likeness (QED) is 0.880. The summed E-state index contributed by atoms with van der Waals surface area (Å²) in [5, 5.41) is 4.97. The van der Waals surface area contributed by atoms with E-state index < -0.39 is 6.03 Å². The zero-order valence-corrected chi connectivity index (χ0v) is 11.8. The summed E-state index contributed by atoms with van der Waals surface area (Å²) in [6.07, 6.45) is 1.65. The van der Waals surface area contributed by atoms with Gasteiger partial charge in [-0.15, -0.1) is 11.3 Å². The summed E-state index contributed by atoms with van der Waals surface area (Å²) in [4.78, 5) is 25.9. The van der Waals surface area contributed by atoms with Gasteiger partial charge in [0.25, 0.3) is 0 Å². The standard InChI is InChI=1S/C13H19N3O2S/c1-9-4-6-19-11(9)7-15-12(17)10-3-2-5-16(8-10)13(14)18/h4,6,10H,2-3,5,7-8H2,1H3,(H2,14,18)(H,15,17)/t10-/m0/s1. The predicted molar refractivity (Wildman–Crippen MR) is 74.8 cm³/mol. The van der Waals surface area contributed by atoms with Crippen molar-refractivity contribution in [3.63, 3.8) is 0 Å². The molecule has 1 atom stereocenters. The third kappa shape index (κ3) is 3.47. The molecule has 0 aromatic carbocycles. The molecule has 19 heavy (non-hydrogen) atoms. The fourth-order valence-corrected chi connectivity index (χ4v) is 3.13. The van der Waals surface area contributed by atoms with E-state index in [-0.39, 0.29) is 11.8 Å². The van der Waals surface area contributed by atoms with Crippen molar-refractivity contribution in [3.05, 3.63) is 21.9 Å². The van der Waals surface area contributed by atoms with Crippen LogP contribution < -0.4 is 11.1 Å². The Morgan fingerprint density at radius 2 is 2.37 bits per heavy atom. The lowest BCUT2D eigenvalue weighted by Gasteiger charge is -2.30. The van der Waals surface area contributed by atoms with Gasteiger partial charge in [-0.2, -0.15) is 0 Å². The number of nitrogens with zero attached hydrogens (tertiary/aromatic N) is 1. The maximum absolute atomic E-state index is 12.1. The molecule has 3 amide bonds. The van der Waals surface area contributed by atoms with E-state index in [1.165, 1.54) is 10.4 Å². The first-order valence-corrected chi connectivity index (χ1v) is 7.31. The molecule has 0 saturated carbocycles. The number of primary amides is 1. The number of amides is 3. The minimum atomic E-state index is -0.438. The van der Waals surface area contributed by atoms with Crippen LogP contribution in [0.3, 0.4) is 0 Å². The van der Waals surface area contributed by atoms with Gasteiger partial charge < -0.3 is 16.0 Å². The number of thiophene rings is 1. The van der Waals surface area contributed by atoms with Crippen LogP contribution in [0.1, 0.15) is 23.3 Å². The Labute approximate surface area is 116 Å². The van der Waals surface area contributed by atoms with Gasteiger partial charge in [0, 0.05) is 18.0 Å². The first-order chi connectivity index (χ1) is 9.08. The van der Waals surface area contributed by atoms with Gasteiger partial charge in [0.05, 0.1) is 12.5 Å². The summed E-state index contributed by atoms with van der Waals surface area (Å²) < 4.78 is 0. The molecule has 1 aromatic rings. The van der Waals surface area contributed by atoms with Crippen LogP contribution in [0, 0.1) is 12.8 Å². The molecule has 1 saturated heterocycles. The number of aryl methyl sites for hydroxylation is 1. The summed E-state index contributed by atoms with van der Waals surface area (Å²) in [6, 6.07) is 1.60. The minimum Gasteiger partial charge on any atom is -0.351 e. The molecule has 1 aromatic heterocycles. The zero-order chi connectivity index (χ0) is 13.8. The lowest BCUT2D eigenvalue weighted by Crippen LogP contribution is -2.47. The highest BCUT2D eigenvalue weighted by Crippen LogP contribution is 2.18. The second-order valence-corrected chi connectivity index (χ2v) is 5.87. The third-order valence-electron chi connectivity index (χ3n) is 3.50. The minimum absolute atomic E-state index is 0.0127. The highest BCUT2D eigenvalue weighted by Gasteiger charge is 2.27. The molecule has 1 fully saturated rings. The first kappa shape index (κ1) is 13.9. The Hall–Kier alpha value is -1.56. The van der Waals surface area contributed by atoms with Crippen molar-refractivity contribution in [3.8, 4) is 0 Å². The molecule has 3 N–H and O–H groups in total. The molecule has 0 bridgehead atoms. The molecule has 2 rings (SSSR count). The van der Waals surface area contributed by atoms with E-state index in [1.54, 1.807) is 16.2 Å². The van der Waals surface area contributed by atoms with Crippen LogP contribution >= 0.6 is 11.3 Å². The van der Waals surface area contributed by atoms with E-state index in [0.29, 0.717) is 19.6 Å². The normalized spacial score (nSPS) is 19.2. The molecule has 0 radical (unpaired) electrons. The van der Waals surface area contributed by atoms with E-state index in [1.807, 2.05) is 18.4 Å². The van der Waals surface area contributed by atoms with E-state index in [4.69, 9.17) is 5.73 Å². The van der Waals surface area contributed by atoms with Crippen molar-refractivity contribution < 1.29 is 9.59 Å². The van der Waals surface area contributed by atoms with E-state index >= 15 is 0 Å². The molecule has 0 spiro atoms. The molecule has 2 heterocycles. The number of rotatable bonds is 3. The van der Waals surface area contributed by atoms with Gasteiger partial charge in [0.1, 0.15) is 0 Å². The highest BCUT2D eigenvalue weighted by atomic mass is 32.1. The Balaban J connectivity index is 1.86. The van der Waals surface area contributed by atoms with Crippen LogP contribution in [0.2, 0.25) is 0 Å². The average Bonchev–Trinajstić information content (AvgIpc) is 2.81. The van der Waals surface area contributed by atoms with Crippen molar-refractivity contribution in [2.24, 2.45) is 11.7 Å². The first-order valence-electron chi connectivity index (χ1n) is 6.43. The lowest BCUT2D eigenvalue weighted by molar-refractivity contribution is -0.126. The fraction of sp³-hybridized carbons (Fsp3) is 0.538. The number of nitrogens with two attached hydrogens (primary N) is 1. The van der Waals surface area contributed by atoms with Gasteiger partial charge >= 0.3 is 6.03 Å². The largest absolute Gasteiger partial charge is 0.351 e. The zero-order valence-electron chi connectivity index (χ0n) is 11.0. The number of hydrogen-bond donors (Lipinski definition) is 2. The van der Waals surface area contributed by atoms with Crippen LogP contribution in [0.5, 0.6) is 0 Å². The molecule has 104 valence electrons. The highest BCUT2D eigenvalue weighted by molar-refractivity contribution is 7.10. The molecular weight excluding hydrogens is 262 g/mol. The summed E-state index contributed by atoms with van der Waals surface area (Å²) in [5.41, 5.74) is 6.46. The third-order valence-corrected chi connectivity index (χ3v) is 4.52. The van der Waals surface area contributed by atoms with Crippen molar-refractivity contribution >= 4 is 23.3 Å². The fourth-order valence-electron chi connectivity index (χ4n) is 2.29. The van der Waals surface area contributed by atoms with Gasteiger partial charge in [-0.25, -0.2) is 4.79 Å². The van der Waals surface area contributed by atoms with Crippen molar-refractivity contribution in [2.75, 3.05) is 13.1 Å². The van der Waals surface area contributed by atoms with Crippen molar-refractivity contribution in [1.29, 1.82) is 0 Å². The Kier molecular flexibility index (Phi) is 4.42. The van der Waals surface area contributed by atoms with Gasteiger partial charge in [-0.1, -0.05) is 0 Å². The number of urea groups is 1. The van der Waals surface area contributed by atoms with Crippen molar-refractivity contribution in [2.45, 2.75) is 26.3 Å². The van der Waals surface area contributed by atoms with Gasteiger partial charge in [0.15, 0.2) is 0 Å².